The predicted octanol–water partition coefficient (Wildman–Crippen LogP) is 4.71. The Hall–Kier alpha value is -3.80. The molecule has 2 aromatic carbocycles. The van der Waals surface area contributed by atoms with Gasteiger partial charge in [-0.2, -0.15) is 0 Å². The number of hydrogen-bond acceptors (Lipinski definition) is 9. The van der Waals surface area contributed by atoms with Crippen LogP contribution in [0.3, 0.4) is 0 Å². The quantitative estimate of drug-likeness (QED) is 0.273. The Morgan fingerprint density at radius 2 is 2.15 bits per heavy atom. The molecule has 5 rings (SSSR count). The van der Waals surface area contributed by atoms with E-state index in [4.69, 9.17) is 25.8 Å². The van der Waals surface area contributed by atoms with Crippen molar-refractivity contribution in [3.63, 3.8) is 0 Å². The van der Waals surface area contributed by atoms with Gasteiger partial charge < -0.3 is 24.8 Å². The number of carbonyl (C=O) groups excluding carboxylic acids is 2. The first kappa shape index (κ1) is 28.7. The molecule has 1 aromatic heterocycles. The number of ether oxygens (including phenoxy) is 3. The van der Waals surface area contributed by atoms with Gasteiger partial charge >= 0.3 is 5.97 Å². The molecule has 41 heavy (non-hydrogen) atoms. The van der Waals surface area contributed by atoms with E-state index in [-0.39, 0.29) is 29.4 Å². The highest BCUT2D eigenvalue weighted by molar-refractivity contribution is 6.31. The van der Waals surface area contributed by atoms with Crippen LogP contribution in [0.1, 0.15) is 20.3 Å². The van der Waals surface area contributed by atoms with E-state index >= 15 is 0 Å². The van der Waals surface area contributed by atoms with E-state index in [1.807, 2.05) is 18.7 Å². The number of cyclic esters (lactones) is 1. The lowest BCUT2D eigenvalue weighted by Gasteiger charge is -2.36. The molecule has 2 aliphatic heterocycles. The fourth-order valence-corrected chi connectivity index (χ4v) is 4.98. The van der Waals surface area contributed by atoms with Gasteiger partial charge in [0.15, 0.2) is 0 Å². The molecule has 12 heteroatoms. The summed E-state index contributed by atoms with van der Waals surface area (Å²) in [5.41, 5.74) is 0.974. The van der Waals surface area contributed by atoms with Crippen LogP contribution in [-0.2, 0) is 19.1 Å². The molecule has 0 bridgehead atoms. The van der Waals surface area contributed by atoms with Crippen LogP contribution in [0.25, 0.3) is 10.9 Å². The zero-order valence-corrected chi connectivity index (χ0v) is 23.5. The molecule has 1 atom stereocenters. The number of amides is 1. The minimum Gasteiger partial charge on any atom is -0.491 e. The maximum atomic E-state index is 13.7. The average Bonchev–Trinajstić information content (AvgIpc) is 3.42. The van der Waals surface area contributed by atoms with E-state index in [0.717, 1.165) is 6.42 Å². The van der Waals surface area contributed by atoms with E-state index in [9.17, 15) is 14.0 Å². The molecule has 1 unspecified atom stereocenters. The fraction of sp³-hybridized carbons (Fsp3) is 0.379. The lowest BCUT2D eigenvalue weighted by Crippen LogP contribution is -2.50. The van der Waals surface area contributed by atoms with Gasteiger partial charge in [0.25, 0.3) is 0 Å². The second-order valence-corrected chi connectivity index (χ2v) is 11.1. The summed E-state index contributed by atoms with van der Waals surface area (Å²) in [5, 5.41) is 6.63. The molecular weight excluding hydrogens is 553 g/mol. The first-order valence-electron chi connectivity index (χ1n) is 13.3. The number of anilines is 3. The number of fused-ring (bicyclic) bond motifs is 1. The third-order valence-corrected chi connectivity index (χ3v) is 6.95. The molecule has 1 amide bonds. The summed E-state index contributed by atoms with van der Waals surface area (Å²) in [6.45, 7) is 6.59. The maximum Gasteiger partial charge on any atom is 0.320 e. The van der Waals surface area contributed by atoms with E-state index in [0.29, 0.717) is 66.8 Å². The van der Waals surface area contributed by atoms with Crippen molar-refractivity contribution in [1.82, 2.24) is 14.9 Å². The van der Waals surface area contributed by atoms with Gasteiger partial charge in [-0.05, 0) is 44.5 Å². The van der Waals surface area contributed by atoms with Crippen molar-refractivity contribution in [2.75, 3.05) is 50.1 Å². The number of esters is 1. The van der Waals surface area contributed by atoms with Crippen LogP contribution in [0, 0.1) is 11.7 Å². The molecular formula is C29H31ClFN5O5. The summed E-state index contributed by atoms with van der Waals surface area (Å²) in [5.74, 6) is -0.0323. The van der Waals surface area contributed by atoms with Gasteiger partial charge in [0.05, 0.1) is 36.0 Å². The third-order valence-electron chi connectivity index (χ3n) is 6.66. The van der Waals surface area contributed by atoms with Gasteiger partial charge in [-0.15, -0.1) is 0 Å². The molecule has 216 valence electrons. The van der Waals surface area contributed by atoms with E-state index < -0.39 is 11.4 Å². The Morgan fingerprint density at radius 1 is 1.29 bits per heavy atom. The van der Waals surface area contributed by atoms with Crippen molar-refractivity contribution in [2.24, 2.45) is 5.92 Å². The van der Waals surface area contributed by atoms with Crippen LogP contribution in [-0.4, -0.2) is 71.8 Å². The molecule has 2 aliphatic rings. The number of benzene rings is 2. The Kier molecular flexibility index (Phi) is 8.67. The lowest BCUT2D eigenvalue weighted by molar-refractivity contribution is -0.168. The van der Waals surface area contributed by atoms with E-state index in [1.54, 1.807) is 24.3 Å². The van der Waals surface area contributed by atoms with Gasteiger partial charge in [0, 0.05) is 48.8 Å². The van der Waals surface area contributed by atoms with Gasteiger partial charge in [0.1, 0.15) is 29.3 Å². The smallest absolute Gasteiger partial charge is 0.320 e. The first-order chi connectivity index (χ1) is 19.6. The molecule has 2 fully saturated rings. The zero-order valence-electron chi connectivity index (χ0n) is 22.8. The van der Waals surface area contributed by atoms with Gasteiger partial charge in [-0.1, -0.05) is 17.7 Å². The maximum absolute atomic E-state index is 13.7. The largest absolute Gasteiger partial charge is 0.491 e. The van der Waals surface area contributed by atoms with Gasteiger partial charge in [-0.3, -0.25) is 14.5 Å². The number of halogens is 2. The van der Waals surface area contributed by atoms with E-state index in [2.05, 4.69) is 20.6 Å². The molecule has 0 spiro atoms. The molecule has 0 radical (unpaired) electrons. The summed E-state index contributed by atoms with van der Waals surface area (Å²) in [4.78, 5) is 35.5. The minimum atomic E-state index is -0.583. The van der Waals surface area contributed by atoms with Crippen LogP contribution in [0.4, 0.5) is 21.6 Å². The van der Waals surface area contributed by atoms with Crippen molar-refractivity contribution in [3.8, 4) is 5.75 Å². The standard InChI is InChI=1S/C29H31ClFN5O5/c1-29(2)16-36(13-27(38)41-29)8-3-4-26(37)35-24-11-20-23(12-25(24)40-15-18-7-9-39-14-18)32-17-33-28(20)34-19-5-6-22(31)21(30)10-19/h3-6,10-12,17-18H,7-9,13-16H2,1-2H3,(H,35,37)(H,32,33,34). The summed E-state index contributed by atoms with van der Waals surface area (Å²) in [6, 6.07) is 7.75. The molecule has 10 nitrogen and oxygen atoms in total. The van der Waals surface area contributed by atoms with Crippen LogP contribution in [0.15, 0.2) is 48.8 Å². The van der Waals surface area contributed by atoms with Crippen LogP contribution in [0.2, 0.25) is 5.02 Å². The molecule has 2 N–H and O–H groups in total. The predicted molar refractivity (Wildman–Crippen MR) is 153 cm³/mol. The highest BCUT2D eigenvalue weighted by Crippen LogP contribution is 2.34. The normalized spacial score (nSPS) is 18.9. The Balaban J connectivity index is 1.37. The second-order valence-electron chi connectivity index (χ2n) is 10.7. The Labute approximate surface area is 241 Å². The van der Waals surface area contributed by atoms with Crippen LogP contribution in [0.5, 0.6) is 5.75 Å². The second kappa shape index (κ2) is 12.4. The molecule has 3 heterocycles. The number of carbonyl (C=O) groups is 2. The van der Waals surface area contributed by atoms with E-state index in [1.165, 1.54) is 24.5 Å². The lowest BCUT2D eigenvalue weighted by atomic mass is 10.1. The number of nitrogens with zero attached hydrogens (tertiary/aromatic N) is 3. The SMILES string of the molecule is CC1(C)CN(CC=CC(=O)Nc2cc3c(Nc4ccc(F)c(Cl)c4)ncnc3cc2OCC2CCOC2)CC(=O)O1. The Bertz CT molecular complexity index is 1480. The minimum absolute atomic E-state index is 0.0234. The summed E-state index contributed by atoms with van der Waals surface area (Å²) in [6.07, 6.45) is 5.43. The van der Waals surface area contributed by atoms with Gasteiger partial charge in [0.2, 0.25) is 5.91 Å². The summed E-state index contributed by atoms with van der Waals surface area (Å²) in [7, 11) is 0. The molecule has 0 saturated carbocycles. The third kappa shape index (κ3) is 7.49. The number of morpholine rings is 1. The topological polar surface area (TPSA) is 115 Å². The summed E-state index contributed by atoms with van der Waals surface area (Å²) < 4.78 is 30.6. The van der Waals surface area contributed by atoms with Crippen molar-refractivity contribution in [3.05, 3.63) is 59.7 Å². The van der Waals surface area contributed by atoms with Crippen molar-refractivity contribution < 1.29 is 28.2 Å². The van der Waals surface area contributed by atoms with Gasteiger partial charge in [-0.25, -0.2) is 14.4 Å². The highest BCUT2D eigenvalue weighted by atomic mass is 35.5. The first-order valence-corrected chi connectivity index (χ1v) is 13.7. The van der Waals surface area contributed by atoms with Crippen molar-refractivity contribution in [1.29, 1.82) is 0 Å². The van der Waals surface area contributed by atoms with Crippen LogP contribution >= 0.6 is 11.6 Å². The Morgan fingerprint density at radius 3 is 2.90 bits per heavy atom. The molecule has 3 aromatic rings. The molecule has 0 aliphatic carbocycles. The number of hydrogen-bond donors (Lipinski definition) is 2. The highest BCUT2D eigenvalue weighted by Gasteiger charge is 2.32. The molecule has 2 saturated heterocycles. The number of nitrogens with one attached hydrogen (secondary N) is 2. The van der Waals surface area contributed by atoms with Crippen molar-refractivity contribution >= 4 is 51.6 Å². The number of rotatable bonds is 9. The number of aromatic nitrogens is 2. The zero-order chi connectivity index (χ0) is 29.0. The fourth-order valence-electron chi connectivity index (χ4n) is 4.80. The summed E-state index contributed by atoms with van der Waals surface area (Å²) >= 11 is 5.95. The van der Waals surface area contributed by atoms with Crippen LogP contribution < -0.4 is 15.4 Å². The average molecular weight is 584 g/mol. The van der Waals surface area contributed by atoms with Crippen molar-refractivity contribution in [2.45, 2.75) is 25.9 Å². The monoisotopic (exact) mass is 583 g/mol.